The molecule has 4 nitrogen and oxygen atoms in total. The molecule has 0 bridgehead atoms. The van der Waals surface area contributed by atoms with Crippen LogP contribution in [0.2, 0.25) is 0 Å². The molecule has 0 unspecified atom stereocenters. The van der Waals surface area contributed by atoms with Crippen LogP contribution in [0.4, 0.5) is 11.4 Å². The van der Waals surface area contributed by atoms with Gasteiger partial charge < -0.3 is 15.5 Å². The summed E-state index contributed by atoms with van der Waals surface area (Å²) in [5.41, 5.74) is 2.77. The highest BCUT2D eigenvalue weighted by Gasteiger charge is 2.22. The summed E-state index contributed by atoms with van der Waals surface area (Å²) in [7, 11) is 0. The van der Waals surface area contributed by atoms with Crippen molar-refractivity contribution in [1.82, 2.24) is 4.90 Å². The number of benzene rings is 1. The van der Waals surface area contributed by atoms with Crippen molar-refractivity contribution in [3.8, 4) is 0 Å². The minimum absolute atomic E-state index is 0.137. The Kier molecular flexibility index (Phi) is 5.48. The summed E-state index contributed by atoms with van der Waals surface area (Å²) < 4.78 is 0. The molecule has 2 N–H and O–H groups in total. The van der Waals surface area contributed by atoms with Gasteiger partial charge in [-0.25, -0.2) is 0 Å². The molecule has 0 spiro atoms. The molecule has 0 fully saturated rings. The van der Waals surface area contributed by atoms with Crippen molar-refractivity contribution in [2.45, 2.75) is 33.6 Å². The molecule has 1 heterocycles. The summed E-state index contributed by atoms with van der Waals surface area (Å²) in [6.45, 7) is 9.81. The number of nitrogens with zero attached hydrogens (tertiary/aromatic N) is 1. The number of fused-ring (bicyclic) bond motifs is 1. The SMILES string of the molecule is CCC(CC)CN(CC)C(=O)c1cccc2c1NCCN2. The first-order chi connectivity index (χ1) is 10.2. The van der Waals surface area contributed by atoms with Gasteiger partial charge in [-0.15, -0.1) is 0 Å². The summed E-state index contributed by atoms with van der Waals surface area (Å²) in [6, 6.07) is 5.91. The van der Waals surface area contributed by atoms with Crippen molar-refractivity contribution in [2.75, 3.05) is 36.8 Å². The van der Waals surface area contributed by atoms with Crippen LogP contribution in [0, 0.1) is 5.92 Å². The molecule has 0 radical (unpaired) electrons. The topological polar surface area (TPSA) is 44.4 Å². The molecule has 0 aliphatic carbocycles. The fourth-order valence-corrected chi connectivity index (χ4v) is 2.84. The average molecular weight is 289 g/mol. The number of rotatable bonds is 6. The lowest BCUT2D eigenvalue weighted by Gasteiger charge is -2.28. The zero-order valence-corrected chi connectivity index (χ0v) is 13.4. The summed E-state index contributed by atoms with van der Waals surface area (Å²) in [4.78, 5) is 14.8. The minimum Gasteiger partial charge on any atom is -0.382 e. The van der Waals surface area contributed by atoms with E-state index in [1.165, 1.54) is 0 Å². The van der Waals surface area contributed by atoms with E-state index in [0.29, 0.717) is 5.92 Å². The highest BCUT2D eigenvalue weighted by molar-refractivity contribution is 6.02. The Morgan fingerprint density at radius 1 is 1.19 bits per heavy atom. The molecule has 0 saturated heterocycles. The Labute approximate surface area is 127 Å². The van der Waals surface area contributed by atoms with Gasteiger partial charge in [0.25, 0.3) is 5.91 Å². The summed E-state index contributed by atoms with van der Waals surface area (Å²) in [6.07, 6.45) is 2.24. The van der Waals surface area contributed by atoms with Gasteiger partial charge in [-0.2, -0.15) is 0 Å². The van der Waals surface area contributed by atoms with Gasteiger partial charge in [0.2, 0.25) is 0 Å². The Hall–Kier alpha value is -1.71. The molecule has 0 atom stereocenters. The number of para-hydroxylation sites is 1. The predicted molar refractivity (Wildman–Crippen MR) is 89.1 cm³/mol. The Morgan fingerprint density at radius 3 is 2.57 bits per heavy atom. The molecule has 1 amide bonds. The first-order valence-corrected chi connectivity index (χ1v) is 8.11. The standard InChI is InChI=1S/C17H27N3O/c1-4-13(5-2)12-20(6-3)17(21)14-8-7-9-15-16(14)19-11-10-18-15/h7-9,13,18-19H,4-6,10-12H2,1-3H3. The second-order valence-electron chi connectivity index (χ2n) is 5.61. The third-order valence-electron chi connectivity index (χ3n) is 4.34. The van der Waals surface area contributed by atoms with Gasteiger partial charge in [-0.1, -0.05) is 32.8 Å². The maximum absolute atomic E-state index is 12.9. The van der Waals surface area contributed by atoms with E-state index in [1.807, 2.05) is 23.1 Å². The van der Waals surface area contributed by atoms with Crippen molar-refractivity contribution in [3.05, 3.63) is 23.8 Å². The highest BCUT2D eigenvalue weighted by atomic mass is 16.2. The minimum atomic E-state index is 0.137. The van der Waals surface area contributed by atoms with Crippen LogP contribution in [0.15, 0.2) is 18.2 Å². The van der Waals surface area contributed by atoms with E-state index < -0.39 is 0 Å². The molecule has 4 heteroatoms. The summed E-state index contributed by atoms with van der Waals surface area (Å²) >= 11 is 0. The first kappa shape index (κ1) is 15.7. The smallest absolute Gasteiger partial charge is 0.256 e. The van der Waals surface area contributed by atoms with Gasteiger partial charge in [0.05, 0.1) is 16.9 Å². The number of nitrogens with one attached hydrogen (secondary N) is 2. The van der Waals surface area contributed by atoms with Crippen LogP contribution in [0.5, 0.6) is 0 Å². The van der Waals surface area contributed by atoms with Gasteiger partial charge >= 0.3 is 0 Å². The molecular formula is C17H27N3O. The van der Waals surface area contributed by atoms with Crippen molar-refractivity contribution >= 4 is 17.3 Å². The molecule has 1 aliphatic rings. The van der Waals surface area contributed by atoms with Crippen molar-refractivity contribution in [1.29, 1.82) is 0 Å². The quantitative estimate of drug-likeness (QED) is 0.843. The Bertz CT molecular complexity index is 483. The predicted octanol–water partition coefficient (Wildman–Crippen LogP) is 3.42. The van der Waals surface area contributed by atoms with E-state index in [2.05, 4.69) is 31.4 Å². The van der Waals surface area contributed by atoms with Gasteiger partial charge in [0, 0.05) is 26.2 Å². The number of carbonyl (C=O) groups excluding carboxylic acids is 1. The molecule has 1 aromatic rings. The molecule has 21 heavy (non-hydrogen) atoms. The molecule has 1 aromatic carbocycles. The van der Waals surface area contributed by atoms with E-state index in [4.69, 9.17) is 0 Å². The van der Waals surface area contributed by atoms with Gasteiger partial charge in [0.15, 0.2) is 0 Å². The largest absolute Gasteiger partial charge is 0.382 e. The Balaban J connectivity index is 2.21. The normalized spacial score (nSPS) is 13.3. The Morgan fingerprint density at radius 2 is 1.90 bits per heavy atom. The molecular weight excluding hydrogens is 262 g/mol. The lowest BCUT2D eigenvalue weighted by molar-refractivity contribution is 0.0736. The summed E-state index contributed by atoms with van der Waals surface area (Å²) in [5, 5.41) is 6.71. The number of carbonyl (C=O) groups is 1. The average Bonchev–Trinajstić information content (AvgIpc) is 2.55. The summed E-state index contributed by atoms with van der Waals surface area (Å²) in [5.74, 6) is 0.719. The molecule has 0 saturated carbocycles. The van der Waals surface area contributed by atoms with Crippen molar-refractivity contribution in [3.63, 3.8) is 0 Å². The monoisotopic (exact) mass is 289 g/mol. The van der Waals surface area contributed by atoms with E-state index in [1.54, 1.807) is 0 Å². The fraction of sp³-hybridized carbons (Fsp3) is 0.588. The van der Waals surface area contributed by atoms with Crippen molar-refractivity contribution < 1.29 is 4.79 Å². The highest BCUT2D eigenvalue weighted by Crippen LogP contribution is 2.29. The first-order valence-electron chi connectivity index (χ1n) is 8.11. The van der Waals surface area contributed by atoms with E-state index in [0.717, 1.165) is 56.0 Å². The number of anilines is 2. The molecule has 116 valence electrons. The number of amides is 1. The maximum atomic E-state index is 12.9. The number of hydrogen-bond donors (Lipinski definition) is 2. The third kappa shape index (κ3) is 3.49. The second kappa shape index (κ2) is 7.34. The van der Waals surface area contributed by atoms with Gasteiger partial charge in [-0.3, -0.25) is 4.79 Å². The van der Waals surface area contributed by atoms with Gasteiger partial charge in [0.1, 0.15) is 0 Å². The maximum Gasteiger partial charge on any atom is 0.256 e. The van der Waals surface area contributed by atoms with E-state index >= 15 is 0 Å². The van der Waals surface area contributed by atoms with Crippen LogP contribution in [0.25, 0.3) is 0 Å². The lowest BCUT2D eigenvalue weighted by atomic mass is 10.0. The molecule has 2 rings (SSSR count). The van der Waals surface area contributed by atoms with Crippen LogP contribution in [0.1, 0.15) is 44.0 Å². The number of hydrogen-bond acceptors (Lipinski definition) is 3. The van der Waals surface area contributed by atoms with E-state index in [-0.39, 0.29) is 5.91 Å². The van der Waals surface area contributed by atoms with Crippen LogP contribution >= 0.6 is 0 Å². The third-order valence-corrected chi connectivity index (χ3v) is 4.34. The zero-order valence-electron chi connectivity index (χ0n) is 13.4. The van der Waals surface area contributed by atoms with Gasteiger partial charge in [-0.05, 0) is 25.0 Å². The molecule has 0 aromatic heterocycles. The molecule has 1 aliphatic heterocycles. The van der Waals surface area contributed by atoms with Crippen LogP contribution in [0.3, 0.4) is 0 Å². The van der Waals surface area contributed by atoms with Crippen LogP contribution in [-0.2, 0) is 0 Å². The lowest BCUT2D eigenvalue weighted by Crippen LogP contribution is -2.36. The van der Waals surface area contributed by atoms with E-state index in [9.17, 15) is 4.79 Å². The van der Waals surface area contributed by atoms with Crippen LogP contribution in [-0.4, -0.2) is 37.0 Å². The fourth-order valence-electron chi connectivity index (χ4n) is 2.84. The van der Waals surface area contributed by atoms with Crippen LogP contribution < -0.4 is 10.6 Å². The van der Waals surface area contributed by atoms with Crippen molar-refractivity contribution in [2.24, 2.45) is 5.92 Å². The second-order valence-corrected chi connectivity index (χ2v) is 5.61. The zero-order chi connectivity index (χ0) is 15.2.